The van der Waals surface area contributed by atoms with E-state index >= 15 is 0 Å². The minimum atomic E-state index is -1.67. The van der Waals surface area contributed by atoms with Gasteiger partial charge in [0.05, 0.1) is 38.6 Å². The number of hydrogen-bond acceptors (Lipinski definition) is 7. The van der Waals surface area contributed by atoms with Crippen molar-refractivity contribution in [2.24, 2.45) is 11.8 Å². The topological polar surface area (TPSA) is 55.8 Å². The highest BCUT2D eigenvalue weighted by Gasteiger charge is 2.41. The van der Waals surface area contributed by atoms with E-state index in [9.17, 15) is 9.59 Å². The third-order valence-corrected chi connectivity index (χ3v) is 13.9. The number of unbranched alkanes of at least 4 members (excludes halogenated alkanes) is 7. The van der Waals surface area contributed by atoms with Gasteiger partial charge in [-0.25, -0.2) is 0 Å². The summed E-state index contributed by atoms with van der Waals surface area (Å²) in [7, 11) is -1.99. The van der Waals surface area contributed by atoms with Gasteiger partial charge >= 0.3 is 0 Å². The fraction of sp³-hybridized carbons (Fsp3) is 0.619. The molecule has 11 heteroatoms. The molecule has 2 amide bonds. The number of carbonyl (C=O) groups excluding carboxylic acids is 2. The van der Waals surface area contributed by atoms with Gasteiger partial charge in [0, 0.05) is 35.8 Å². The molecule has 0 fully saturated rings. The molecule has 5 nitrogen and oxygen atoms in total. The van der Waals surface area contributed by atoms with Gasteiger partial charge in [-0.3, -0.25) is 14.5 Å². The Kier molecular flexibility index (Phi) is 16.1. The SMILES string of the molecule is CCCCCCCCN1C(=O)c2c(C)sc(-c3cc4c(OCC(CC)CCCC)c5sc(C)cc5c(OCC(CC)CCCC)c4s3)c2C1=O.[2H]PB([3H])P([2H])[3H]. The van der Waals surface area contributed by atoms with E-state index in [-0.39, 0.29) is 20.9 Å². The van der Waals surface area contributed by atoms with Gasteiger partial charge < -0.3 is 9.47 Å². The highest BCUT2D eigenvalue weighted by molar-refractivity contribution is 7.87. The summed E-state index contributed by atoms with van der Waals surface area (Å²) in [4.78, 5) is 33.2. The lowest BCUT2D eigenvalue weighted by Gasteiger charge is -2.19. The third-order valence-electron chi connectivity index (χ3n) is 10.5. The van der Waals surface area contributed by atoms with Crippen LogP contribution in [-0.4, -0.2) is 48.3 Å². The van der Waals surface area contributed by atoms with Crippen molar-refractivity contribution < 1.29 is 19.1 Å². The number of rotatable bonds is 24. The number of thiophene rings is 3. The first-order valence-electron chi connectivity index (χ1n) is 22.0. The zero-order valence-corrected chi connectivity index (χ0v) is 37.5. The molecule has 1 aromatic carbocycles. The van der Waals surface area contributed by atoms with Crippen molar-refractivity contribution in [3.63, 3.8) is 0 Å². The second kappa shape index (κ2) is 22.3. The molecule has 4 atom stereocenters. The van der Waals surface area contributed by atoms with Crippen molar-refractivity contribution >= 4 is 90.8 Å². The van der Waals surface area contributed by atoms with Gasteiger partial charge in [0.25, 0.3) is 11.8 Å². The number of imide groups is 1. The lowest BCUT2D eigenvalue weighted by atomic mass is 10.0. The van der Waals surface area contributed by atoms with Crippen LogP contribution in [0.1, 0.15) is 155 Å². The van der Waals surface area contributed by atoms with Crippen LogP contribution in [0.15, 0.2) is 12.1 Å². The van der Waals surface area contributed by atoms with E-state index in [0.717, 1.165) is 78.4 Å². The van der Waals surface area contributed by atoms with Crippen molar-refractivity contribution in [1.82, 2.24) is 4.90 Å². The van der Waals surface area contributed by atoms with Crippen LogP contribution in [0.25, 0.3) is 29.9 Å². The summed E-state index contributed by atoms with van der Waals surface area (Å²) in [5.74, 6) is 2.62. The number of hydrogen-bond donors (Lipinski definition) is 0. The zero-order chi connectivity index (χ0) is 41.6. The highest BCUT2D eigenvalue weighted by Crippen LogP contribution is 2.53. The molecule has 0 saturated carbocycles. The fourth-order valence-corrected chi connectivity index (χ4v) is 10.7. The number of nitrogens with zero attached hydrogens (tertiary/aromatic N) is 1. The van der Waals surface area contributed by atoms with Gasteiger partial charge in [0.2, 0.25) is 0 Å². The standard InChI is InChI=1S/C42H59NO4S3.BH5P2/c1-8-13-16-17-18-19-22-43-41(44)34-28(7)49-40(35(34)42(43)45)33-24-32-37(47-26-30(12-5)21-15-10-3)38-31(23-27(6)48-38)36(39(32)50-33)46-25-29(11-4)20-14-9-2;2-1-3/h23-24,29-30H,8-22,25-26H2,1-7H3;1H,2-3H2/i;1T,2D,3TD. The number of benzene rings is 1. The van der Waals surface area contributed by atoms with E-state index in [0.29, 0.717) is 42.7 Å². The molecule has 0 radical (unpaired) electrons. The molecule has 3 aromatic heterocycles. The Labute approximate surface area is 342 Å². The molecule has 4 unspecified atom stereocenters. The largest absolute Gasteiger partial charge is 0.491 e. The van der Waals surface area contributed by atoms with Gasteiger partial charge in [0.1, 0.15) is 11.5 Å². The molecule has 4 aromatic rings. The molecule has 0 spiro atoms. The van der Waals surface area contributed by atoms with Gasteiger partial charge in [-0.1, -0.05) is 105 Å². The van der Waals surface area contributed by atoms with Crippen LogP contribution < -0.4 is 9.47 Å². The number of aryl methyl sites for hydroxylation is 2. The highest BCUT2D eigenvalue weighted by atomic mass is 32.1. The number of fused-ring (bicyclic) bond motifs is 3. The van der Waals surface area contributed by atoms with Gasteiger partial charge in [-0.2, -0.15) is 18.1 Å². The Hall–Kier alpha value is -1.50. The van der Waals surface area contributed by atoms with E-state index in [1.54, 1.807) is 34.0 Å². The summed E-state index contributed by atoms with van der Waals surface area (Å²) in [5.41, 5.74) is 1.19. The monoisotopic (exact) mass is 821 g/mol. The average molecular weight is 822 g/mol. The van der Waals surface area contributed by atoms with E-state index in [2.05, 4.69) is 53.7 Å². The normalized spacial score (nSPS) is 15.6. The Morgan fingerprint density at radius 2 is 1.36 bits per heavy atom. The Balaban J connectivity index is 0.000000940. The molecule has 1 aliphatic rings. The average Bonchev–Trinajstić information content (AvgIpc) is 3.96. The van der Waals surface area contributed by atoms with Gasteiger partial charge in [-0.05, 0) is 58.4 Å². The van der Waals surface area contributed by atoms with Crippen LogP contribution in [0, 0.1) is 25.7 Å². The molecule has 0 saturated heterocycles. The summed E-state index contributed by atoms with van der Waals surface area (Å²) in [6.45, 7) is 16.5. The van der Waals surface area contributed by atoms with Crippen molar-refractivity contribution in [3.05, 3.63) is 33.0 Å². The first-order chi connectivity index (χ1) is 27.4. The van der Waals surface area contributed by atoms with E-state index < -0.39 is 15.7 Å². The van der Waals surface area contributed by atoms with Crippen molar-refractivity contribution in [2.45, 2.75) is 138 Å². The lowest BCUT2D eigenvalue weighted by molar-refractivity contribution is 0.0651. The van der Waals surface area contributed by atoms with E-state index in [1.807, 2.05) is 6.92 Å². The smallest absolute Gasteiger partial charge is 0.263 e. The Bertz CT molecular complexity index is 1830. The van der Waals surface area contributed by atoms with Crippen LogP contribution in [-0.2, 0) is 0 Å². The minimum Gasteiger partial charge on any atom is -0.491 e. The fourth-order valence-electron chi connectivity index (χ4n) is 7.22. The summed E-state index contributed by atoms with van der Waals surface area (Å²) >= 11 is 5.04. The predicted molar refractivity (Wildman–Crippen MR) is 243 cm³/mol. The quantitative estimate of drug-likeness (QED) is 0.0306. The van der Waals surface area contributed by atoms with Crippen LogP contribution in [0.4, 0.5) is 0 Å². The van der Waals surface area contributed by atoms with E-state index in [1.165, 1.54) is 67.6 Å². The van der Waals surface area contributed by atoms with Gasteiger partial charge in [-0.15, -0.1) is 34.0 Å². The first-order valence-corrected chi connectivity index (χ1v) is 23.6. The van der Waals surface area contributed by atoms with Crippen molar-refractivity contribution in [1.29, 1.82) is 5.17 Å². The molecule has 53 heavy (non-hydrogen) atoms. The molecule has 0 N–H and O–H groups in total. The Morgan fingerprint density at radius 1 is 0.792 bits per heavy atom. The maximum atomic E-state index is 14.0. The van der Waals surface area contributed by atoms with Crippen LogP contribution in [0.3, 0.4) is 0 Å². The summed E-state index contributed by atoms with van der Waals surface area (Å²) < 4.78 is 42.5. The predicted octanol–water partition coefficient (Wildman–Crippen LogP) is 13.6. The molecule has 292 valence electrons. The van der Waals surface area contributed by atoms with Crippen LogP contribution in [0.5, 0.6) is 11.5 Å². The molecular formula is C42H64BNO4P2S3. The summed E-state index contributed by atoms with van der Waals surface area (Å²) in [6, 6.07) is 4.48. The first kappa shape index (κ1) is 38.4. The maximum Gasteiger partial charge on any atom is 0.263 e. The summed E-state index contributed by atoms with van der Waals surface area (Å²) in [6.07, 6.45) is 16.0. The number of amides is 2. The molecule has 0 aliphatic carbocycles. The van der Waals surface area contributed by atoms with E-state index in [4.69, 9.17) is 14.6 Å². The number of carbonyl (C=O) groups is 2. The maximum absolute atomic E-state index is 14.0. The zero-order valence-electron chi connectivity index (χ0n) is 37.2. The molecule has 4 heterocycles. The lowest BCUT2D eigenvalue weighted by Crippen LogP contribution is -2.31. The van der Waals surface area contributed by atoms with Crippen LogP contribution >= 0.6 is 52.1 Å². The molecular weight excluding hydrogens is 751 g/mol. The second-order valence-electron chi connectivity index (χ2n) is 14.5. The molecule has 1 aliphatic heterocycles. The molecule has 0 bridgehead atoms. The third kappa shape index (κ3) is 10.9. The van der Waals surface area contributed by atoms with Crippen molar-refractivity contribution in [3.8, 4) is 21.3 Å². The minimum absolute atomic E-state index is 0.126. The summed E-state index contributed by atoms with van der Waals surface area (Å²) in [5, 5.41) is 2.18. The van der Waals surface area contributed by atoms with Gasteiger partial charge in [0.15, 0.2) is 6.68 Å². The second-order valence-corrected chi connectivity index (χ2v) is 19.0. The van der Waals surface area contributed by atoms with Crippen LogP contribution in [0.2, 0.25) is 0 Å². The van der Waals surface area contributed by atoms with Crippen molar-refractivity contribution in [2.75, 3.05) is 19.8 Å². The number of ether oxygens (including phenoxy) is 2. The molecule has 5 rings (SSSR count). The Morgan fingerprint density at radius 3 is 1.92 bits per heavy atom.